The molecule has 3 nitrogen and oxygen atoms in total. The molecule has 0 saturated heterocycles. The molecular formula is C18H20O3S. The number of hydrogen-bond donors (Lipinski definition) is 1. The smallest absolute Gasteiger partial charge is 0.206 e. The number of aliphatic hydroxyl groups is 1. The van der Waals surface area contributed by atoms with Crippen LogP contribution in [-0.4, -0.2) is 13.5 Å². The van der Waals surface area contributed by atoms with Gasteiger partial charge in [0.2, 0.25) is 9.84 Å². The lowest BCUT2D eigenvalue weighted by Gasteiger charge is -2.34. The second-order valence-electron chi connectivity index (χ2n) is 5.87. The van der Waals surface area contributed by atoms with Crippen LogP contribution >= 0.6 is 0 Å². The van der Waals surface area contributed by atoms with Gasteiger partial charge in [-0.25, -0.2) is 8.42 Å². The van der Waals surface area contributed by atoms with E-state index < -0.39 is 15.4 Å². The van der Waals surface area contributed by atoms with Crippen molar-refractivity contribution < 1.29 is 13.5 Å². The van der Waals surface area contributed by atoms with Crippen molar-refractivity contribution in [3.63, 3.8) is 0 Å². The summed E-state index contributed by atoms with van der Waals surface area (Å²) >= 11 is 0. The van der Waals surface area contributed by atoms with E-state index in [0.29, 0.717) is 16.2 Å². The molecule has 1 unspecified atom stereocenters. The molecule has 0 saturated carbocycles. The van der Waals surface area contributed by atoms with Crippen molar-refractivity contribution in [3.8, 4) is 0 Å². The molecule has 0 heterocycles. The van der Waals surface area contributed by atoms with E-state index in [2.05, 4.69) is 0 Å². The zero-order chi connectivity index (χ0) is 15.8. The van der Waals surface area contributed by atoms with E-state index in [1.165, 1.54) is 0 Å². The van der Waals surface area contributed by atoms with Gasteiger partial charge in [-0.1, -0.05) is 31.2 Å². The number of hydrogen-bond acceptors (Lipinski definition) is 3. The van der Waals surface area contributed by atoms with Gasteiger partial charge in [0.1, 0.15) is 0 Å². The van der Waals surface area contributed by atoms with Crippen LogP contribution in [0.25, 0.3) is 0 Å². The summed E-state index contributed by atoms with van der Waals surface area (Å²) in [6.07, 6.45) is 3.08. The molecule has 0 aliphatic heterocycles. The lowest BCUT2D eigenvalue weighted by molar-refractivity contribution is 0.0148. The largest absolute Gasteiger partial charge is 0.385 e. The summed E-state index contributed by atoms with van der Waals surface area (Å²) in [6, 6.07) is 13.6. The van der Waals surface area contributed by atoms with Gasteiger partial charge in [0.15, 0.2) is 0 Å². The van der Waals surface area contributed by atoms with E-state index in [-0.39, 0.29) is 0 Å². The topological polar surface area (TPSA) is 54.4 Å². The molecule has 4 heteroatoms. The first-order valence-corrected chi connectivity index (χ1v) is 9.11. The molecule has 0 amide bonds. The molecule has 0 radical (unpaired) electrons. The third-order valence-corrected chi connectivity index (χ3v) is 6.33. The summed E-state index contributed by atoms with van der Waals surface area (Å²) in [7, 11) is -3.50. The Morgan fingerprint density at radius 1 is 1.09 bits per heavy atom. The quantitative estimate of drug-likeness (QED) is 0.943. The van der Waals surface area contributed by atoms with Crippen molar-refractivity contribution in [2.75, 3.05) is 0 Å². The van der Waals surface area contributed by atoms with Crippen LogP contribution in [0, 0.1) is 0 Å². The predicted molar refractivity (Wildman–Crippen MR) is 85.5 cm³/mol. The van der Waals surface area contributed by atoms with Crippen molar-refractivity contribution in [3.05, 3.63) is 59.7 Å². The zero-order valence-corrected chi connectivity index (χ0v) is 13.4. The third kappa shape index (κ3) is 2.46. The highest BCUT2D eigenvalue weighted by atomic mass is 32.2. The average Bonchev–Trinajstić information content (AvgIpc) is 2.55. The second-order valence-corrected chi connectivity index (χ2v) is 7.82. The molecular weight excluding hydrogens is 296 g/mol. The highest BCUT2D eigenvalue weighted by Gasteiger charge is 2.33. The summed E-state index contributed by atoms with van der Waals surface area (Å²) in [4.78, 5) is 0.606. The number of rotatable bonds is 3. The van der Waals surface area contributed by atoms with Gasteiger partial charge in [0, 0.05) is 0 Å². The van der Waals surface area contributed by atoms with E-state index in [9.17, 15) is 13.5 Å². The molecule has 22 heavy (non-hydrogen) atoms. The van der Waals surface area contributed by atoms with E-state index in [4.69, 9.17) is 0 Å². The Morgan fingerprint density at radius 2 is 1.82 bits per heavy atom. The normalized spacial score (nSPS) is 21.4. The SMILES string of the molecule is CCC1(O)CCCc2cc(S(=O)(=O)c3ccccc3)ccc21. The minimum Gasteiger partial charge on any atom is -0.385 e. The summed E-state index contributed by atoms with van der Waals surface area (Å²) < 4.78 is 25.4. The Labute approximate surface area is 131 Å². The molecule has 0 spiro atoms. The first-order chi connectivity index (χ1) is 10.5. The van der Waals surface area contributed by atoms with E-state index in [1.807, 2.05) is 6.92 Å². The molecule has 0 bridgehead atoms. The van der Waals surface area contributed by atoms with Crippen LogP contribution in [0.3, 0.4) is 0 Å². The van der Waals surface area contributed by atoms with Crippen molar-refractivity contribution in [1.82, 2.24) is 0 Å². The molecule has 1 N–H and O–H groups in total. The Hall–Kier alpha value is -1.65. The molecule has 0 aromatic heterocycles. The summed E-state index contributed by atoms with van der Waals surface area (Å²) in [5.41, 5.74) is 1.02. The van der Waals surface area contributed by atoms with Crippen LogP contribution in [0.15, 0.2) is 58.3 Å². The van der Waals surface area contributed by atoms with Crippen LogP contribution in [0.2, 0.25) is 0 Å². The zero-order valence-electron chi connectivity index (χ0n) is 12.6. The van der Waals surface area contributed by atoms with Crippen LogP contribution < -0.4 is 0 Å². The van der Waals surface area contributed by atoms with Gasteiger partial charge in [-0.05, 0) is 61.1 Å². The fraction of sp³-hybridized carbons (Fsp3) is 0.333. The van der Waals surface area contributed by atoms with E-state index in [0.717, 1.165) is 30.4 Å². The van der Waals surface area contributed by atoms with Gasteiger partial charge in [0.05, 0.1) is 15.4 Å². The standard InChI is InChI=1S/C18H20O3S/c1-2-18(19)12-6-7-14-13-16(10-11-17(14)18)22(20,21)15-8-4-3-5-9-15/h3-5,8-11,13,19H,2,6-7,12H2,1H3. The van der Waals surface area contributed by atoms with Gasteiger partial charge in [-0.3, -0.25) is 0 Å². The number of benzene rings is 2. The van der Waals surface area contributed by atoms with Gasteiger partial charge >= 0.3 is 0 Å². The van der Waals surface area contributed by atoms with Crippen molar-refractivity contribution in [2.24, 2.45) is 0 Å². The number of aryl methyl sites for hydroxylation is 1. The van der Waals surface area contributed by atoms with Gasteiger partial charge < -0.3 is 5.11 Å². The third-order valence-electron chi connectivity index (χ3n) is 4.56. The second kappa shape index (κ2) is 5.52. The fourth-order valence-electron chi connectivity index (χ4n) is 3.21. The predicted octanol–water partition coefficient (Wildman–Crippen LogP) is 3.45. The Morgan fingerprint density at radius 3 is 2.50 bits per heavy atom. The van der Waals surface area contributed by atoms with Crippen LogP contribution in [0.5, 0.6) is 0 Å². The van der Waals surface area contributed by atoms with Crippen molar-refractivity contribution in [1.29, 1.82) is 0 Å². The van der Waals surface area contributed by atoms with Crippen molar-refractivity contribution >= 4 is 9.84 Å². The number of fused-ring (bicyclic) bond motifs is 1. The molecule has 3 rings (SSSR count). The van der Waals surface area contributed by atoms with Crippen LogP contribution in [0.1, 0.15) is 37.3 Å². The minimum atomic E-state index is -3.50. The summed E-state index contributed by atoms with van der Waals surface area (Å²) in [5.74, 6) is 0. The Balaban J connectivity index is 2.09. The van der Waals surface area contributed by atoms with E-state index in [1.54, 1.807) is 48.5 Å². The number of sulfone groups is 1. The first kappa shape index (κ1) is 15.3. The summed E-state index contributed by atoms with van der Waals surface area (Å²) in [5, 5.41) is 10.7. The van der Waals surface area contributed by atoms with Gasteiger partial charge in [0.25, 0.3) is 0 Å². The maximum absolute atomic E-state index is 12.7. The molecule has 1 aliphatic rings. The Bertz CT molecular complexity index is 781. The molecule has 2 aromatic rings. The maximum Gasteiger partial charge on any atom is 0.206 e. The molecule has 0 fully saturated rings. The minimum absolute atomic E-state index is 0.302. The van der Waals surface area contributed by atoms with Gasteiger partial charge in [-0.2, -0.15) is 0 Å². The molecule has 1 atom stereocenters. The molecule has 1 aliphatic carbocycles. The monoisotopic (exact) mass is 316 g/mol. The van der Waals surface area contributed by atoms with Crippen LogP contribution in [0.4, 0.5) is 0 Å². The lowest BCUT2D eigenvalue weighted by atomic mass is 9.78. The highest BCUT2D eigenvalue weighted by Crippen LogP contribution is 2.39. The highest BCUT2D eigenvalue weighted by molar-refractivity contribution is 7.91. The van der Waals surface area contributed by atoms with Gasteiger partial charge in [-0.15, -0.1) is 0 Å². The maximum atomic E-state index is 12.7. The fourth-order valence-corrected chi connectivity index (χ4v) is 4.54. The Kier molecular flexibility index (Phi) is 3.83. The lowest BCUT2D eigenvalue weighted by Crippen LogP contribution is -2.29. The van der Waals surface area contributed by atoms with Crippen molar-refractivity contribution in [2.45, 2.75) is 48.0 Å². The summed E-state index contributed by atoms with van der Waals surface area (Å²) in [6.45, 7) is 1.96. The molecule has 116 valence electrons. The van der Waals surface area contributed by atoms with Crippen LogP contribution in [-0.2, 0) is 21.9 Å². The molecule has 2 aromatic carbocycles. The van der Waals surface area contributed by atoms with E-state index >= 15 is 0 Å². The average molecular weight is 316 g/mol. The first-order valence-electron chi connectivity index (χ1n) is 7.63.